The average molecular weight is 368 g/mol. The molecule has 4 atom stereocenters. The van der Waals surface area contributed by atoms with E-state index in [4.69, 9.17) is 10.4 Å². The summed E-state index contributed by atoms with van der Waals surface area (Å²) < 4.78 is 6.57. The van der Waals surface area contributed by atoms with E-state index in [9.17, 15) is 0 Å². The highest BCUT2D eigenvalue weighted by atomic mass is 16.5. The Bertz CT molecular complexity index is 874. The summed E-state index contributed by atoms with van der Waals surface area (Å²) in [6.07, 6.45) is 1.87. The third-order valence-electron chi connectivity index (χ3n) is 6.25. The van der Waals surface area contributed by atoms with Crippen LogP contribution in [0.4, 0.5) is 0 Å². The fraction of sp³-hybridized carbons (Fsp3) is 0.250. The van der Waals surface area contributed by atoms with Gasteiger partial charge in [-0.25, -0.2) is 0 Å². The highest BCUT2D eigenvalue weighted by molar-refractivity contribution is 6.65. The molecule has 1 aliphatic carbocycles. The number of nitrogens with one attached hydrogen (secondary N) is 1. The molecule has 0 radical (unpaired) electrons. The zero-order valence-electron chi connectivity index (χ0n) is 15.9. The lowest BCUT2D eigenvalue weighted by Gasteiger charge is -2.39. The number of nitrogens with two attached hydrogens (primary N) is 1. The fourth-order valence-electron chi connectivity index (χ4n) is 4.55. The predicted molar refractivity (Wildman–Crippen MR) is 114 cm³/mol. The SMILES string of the molecule is NC1([C@@H]2C[C@H](c3ccccc3)NB(c3ccccc3)O2)C[C@@H]1c1ccccc1. The van der Waals surface area contributed by atoms with Crippen molar-refractivity contribution in [1.29, 1.82) is 0 Å². The van der Waals surface area contributed by atoms with Gasteiger partial charge in [0, 0.05) is 17.5 Å². The normalized spacial score (nSPS) is 29.5. The largest absolute Gasteiger partial charge is 0.416 e. The van der Waals surface area contributed by atoms with Crippen molar-refractivity contribution in [3.05, 3.63) is 102 Å². The van der Waals surface area contributed by atoms with E-state index in [0.717, 1.165) is 18.3 Å². The minimum absolute atomic E-state index is 0.00867. The third kappa shape index (κ3) is 3.28. The zero-order chi connectivity index (χ0) is 19.0. The molecule has 0 bridgehead atoms. The number of hydrogen-bond acceptors (Lipinski definition) is 3. The van der Waals surface area contributed by atoms with E-state index in [1.54, 1.807) is 0 Å². The Labute approximate surface area is 167 Å². The number of hydrogen-bond donors (Lipinski definition) is 2. The van der Waals surface area contributed by atoms with Crippen molar-refractivity contribution in [2.75, 3.05) is 0 Å². The summed E-state index contributed by atoms with van der Waals surface area (Å²) in [4.78, 5) is 0. The minimum Gasteiger partial charge on any atom is -0.413 e. The van der Waals surface area contributed by atoms with Gasteiger partial charge in [0.1, 0.15) is 0 Å². The molecule has 28 heavy (non-hydrogen) atoms. The van der Waals surface area contributed by atoms with Gasteiger partial charge in [-0.2, -0.15) is 0 Å². The molecular weight excluding hydrogens is 343 g/mol. The van der Waals surface area contributed by atoms with E-state index in [0.29, 0.717) is 5.92 Å². The van der Waals surface area contributed by atoms with Crippen LogP contribution in [0.1, 0.15) is 35.9 Å². The summed E-state index contributed by atoms with van der Waals surface area (Å²) in [5.41, 5.74) is 10.4. The molecule has 1 unspecified atom stereocenters. The second kappa shape index (κ2) is 7.21. The first-order valence-electron chi connectivity index (χ1n) is 10.1. The molecule has 140 valence electrons. The van der Waals surface area contributed by atoms with Crippen LogP contribution in [-0.2, 0) is 4.65 Å². The molecule has 1 saturated carbocycles. The highest BCUT2D eigenvalue weighted by Gasteiger charge is 2.59. The second-order valence-electron chi connectivity index (χ2n) is 8.06. The van der Waals surface area contributed by atoms with Crippen LogP contribution in [0, 0.1) is 0 Å². The molecule has 3 aromatic rings. The van der Waals surface area contributed by atoms with Crippen molar-refractivity contribution in [1.82, 2.24) is 5.23 Å². The van der Waals surface area contributed by atoms with Crippen molar-refractivity contribution in [2.24, 2.45) is 5.73 Å². The molecule has 0 amide bonds. The van der Waals surface area contributed by atoms with Crippen LogP contribution in [0.2, 0.25) is 0 Å². The molecule has 5 rings (SSSR count). The molecule has 1 heterocycles. The van der Waals surface area contributed by atoms with Crippen LogP contribution < -0.4 is 16.4 Å². The lowest BCUT2D eigenvalue weighted by Crippen LogP contribution is -2.59. The van der Waals surface area contributed by atoms with Crippen LogP contribution in [0.25, 0.3) is 0 Å². The van der Waals surface area contributed by atoms with Gasteiger partial charge in [0.25, 0.3) is 0 Å². The topological polar surface area (TPSA) is 47.3 Å². The number of benzene rings is 3. The van der Waals surface area contributed by atoms with Gasteiger partial charge in [0.05, 0.1) is 6.10 Å². The first kappa shape index (κ1) is 17.7. The standard InChI is InChI=1S/C24H25BN2O/c26-24(17-21(24)18-10-4-1-5-11-18)23-16-22(19-12-6-2-7-13-19)27-25(28-23)20-14-8-3-9-15-20/h1-15,21-23,27H,16-17,26H2/t21-,22-,23+,24?/m1/s1. The molecule has 3 nitrogen and oxygen atoms in total. The van der Waals surface area contributed by atoms with Crippen molar-refractivity contribution in [3.8, 4) is 0 Å². The Morgan fingerprint density at radius 1 is 0.821 bits per heavy atom. The Hall–Kier alpha value is -2.40. The first-order chi connectivity index (χ1) is 13.7. The monoisotopic (exact) mass is 368 g/mol. The quantitative estimate of drug-likeness (QED) is 0.694. The molecule has 2 aliphatic rings. The van der Waals surface area contributed by atoms with Gasteiger partial charge in [-0.1, -0.05) is 91.0 Å². The van der Waals surface area contributed by atoms with Gasteiger partial charge < -0.3 is 15.6 Å². The van der Waals surface area contributed by atoms with E-state index in [2.05, 4.69) is 90.2 Å². The Balaban J connectivity index is 1.44. The first-order valence-corrected chi connectivity index (χ1v) is 10.1. The smallest absolute Gasteiger partial charge is 0.413 e. The van der Waals surface area contributed by atoms with Crippen LogP contribution in [0.15, 0.2) is 91.0 Å². The predicted octanol–water partition coefficient (Wildman–Crippen LogP) is 3.39. The van der Waals surface area contributed by atoms with E-state index in [-0.39, 0.29) is 24.7 Å². The maximum Gasteiger partial charge on any atom is 0.416 e. The molecular formula is C24H25BN2O. The summed E-state index contributed by atoms with van der Waals surface area (Å²) in [5, 5.41) is 3.69. The van der Waals surface area contributed by atoms with Gasteiger partial charge in [-0.15, -0.1) is 0 Å². The second-order valence-corrected chi connectivity index (χ2v) is 8.06. The van der Waals surface area contributed by atoms with Crippen molar-refractivity contribution < 1.29 is 4.65 Å². The molecule has 3 aromatic carbocycles. The van der Waals surface area contributed by atoms with Crippen LogP contribution >= 0.6 is 0 Å². The van der Waals surface area contributed by atoms with Gasteiger partial charge in [0.2, 0.25) is 0 Å². The van der Waals surface area contributed by atoms with E-state index in [1.807, 2.05) is 6.07 Å². The Kier molecular flexibility index (Phi) is 4.55. The Morgan fingerprint density at radius 3 is 2.04 bits per heavy atom. The van der Waals surface area contributed by atoms with Crippen molar-refractivity contribution >= 4 is 12.5 Å². The van der Waals surface area contributed by atoms with Crippen LogP contribution in [-0.4, -0.2) is 18.7 Å². The molecule has 4 heteroatoms. The highest BCUT2D eigenvalue weighted by Crippen LogP contribution is 2.54. The van der Waals surface area contributed by atoms with Crippen molar-refractivity contribution in [3.63, 3.8) is 0 Å². The lowest BCUT2D eigenvalue weighted by atomic mass is 9.69. The van der Waals surface area contributed by atoms with Gasteiger partial charge >= 0.3 is 7.05 Å². The third-order valence-corrected chi connectivity index (χ3v) is 6.25. The molecule has 1 aliphatic heterocycles. The van der Waals surface area contributed by atoms with Crippen LogP contribution in [0.3, 0.4) is 0 Å². The van der Waals surface area contributed by atoms with E-state index in [1.165, 1.54) is 11.1 Å². The molecule has 0 spiro atoms. The molecule has 1 saturated heterocycles. The zero-order valence-corrected chi connectivity index (χ0v) is 15.9. The molecule has 2 fully saturated rings. The van der Waals surface area contributed by atoms with E-state index >= 15 is 0 Å². The minimum atomic E-state index is -0.302. The summed E-state index contributed by atoms with van der Waals surface area (Å²) in [6, 6.07) is 31.9. The summed E-state index contributed by atoms with van der Waals surface area (Å²) in [6.45, 7) is 0. The number of rotatable bonds is 4. The molecule has 0 aromatic heterocycles. The van der Waals surface area contributed by atoms with Crippen molar-refractivity contribution in [2.45, 2.75) is 36.4 Å². The maximum absolute atomic E-state index is 6.93. The summed E-state index contributed by atoms with van der Waals surface area (Å²) in [7, 11) is -0.150. The summed E-state index contributed by atoms with van der Waals surface area (Å²) >= 11 is 0. The maximum atomic E-state index is 6.93. The van der Waals surface area contributed by atoms with Gasteiger partial charge in [0.15, 0.2) is 0 Å². The van der Waals surface area contributed by atoms with Crippen LogP contribution in [0.5, 0.6) is 0 Å². The molecule has 3 N–H and O–H groups in total. The summed E-state index contributed by atoms with van der Waals surface area (Å²) in [5.74, 6) is 0.365. The Morgan fingerprint density at radius 2 is 1.39 bits per heavy atom. The van der Waals surface area contributed by atoms with E-state index < -0.39 is 0 Å². The van der Waals surface area contributed by atoms with Gasteiger partial charge in [-0.05, 0) is 29.4 Å². The fourth-order valence-corrected chi connectivity index (χ4v) is 4.55. The van der Waals surface area contributed by atoms with Gasteiger partial charge in [-0.3, -0.25) is 0 Å². The lowest BCUT2D eigenvalue weighted by molar-refractivity contribution is 0.111. The average Bonchev–Trinajstić information content (AvgIpc) is 3.48.